The molecule has 4 rings (SSSR count). The Morgan fingerprint density at radius 1 is 1.22 bits per heavy atom. The number of alkyl halides is 3. The van der Waals surface area contributed by atoms with Crippen LogP contribution in [-0.2, 0) is 6.54 Å². The molecule has 0 saturated heterocycles. The van der Waals surface area contributed by atoms with Gasteiger partial charge in [-0.2, -0.15) is 23.4 Å². The topological polar surface area (TPSA) is 91.9 Å². The smallest absolute Gasteiger partial charge is 0.392 e. The summed E-state index contributed by atoms with van der Waals surface area (Å²) < 4.78 is 46.0. The van der Waals surface area contributed by atoms with Gasteiger partial charge in [0.15, 0.2) is 5.69 Å². The highest BCUT2D eigenvalue weighted by molar-refractivity contribution is 5.57. The van der Waals surface area contributed by atoms with Crippen LogP contribution in [0.4, 0.5) is 24.8 Å². The third-order valence-electron chi connectivity index (χ3n) is 4.86. The Kier molecular flexibility index (Phi) is 5.71. The zero-order chi connectivity index (χ0) is 22.9. The molecular weight excluding hydrogens is 423 g/mol. The maximum atomic E-state index is 12.9. The molecule has 1 unspecified atom stereocenters. The molecule has 8 nitrogen and oxygen atoms in total. The van der Waals surface area contributed by atoms with Gasteiger partial charge in [-0.15, -0.1) is 0 Å². The Balaban J connectivity index is 1.58. The van der Waals surface area contributed by atoms with Crippen LogP contribution < -0.4 is 10.1 Å². The van der Waals surface area contributed by atoms with Gasteiger partial charge >= 0.3 is 6.18 Å². The van der Waals surface area contributed by atoms with Crippen molar-refractivity contribution in [3.05, 3.63) is 53.7 Å². The number of hydrogen-bond donors (Lipinski definition) is 1. The lowest BCUT2D eigenvalue weighted by Gasteiger charge is -2.21. The number of aryl methyl sites for hydroxylation is 1. The SMILES string of the molecule is Cc1cn(-c2ccc(Nc3ccc4c(n3)OC(CC(F)(F)F)CN(C)C4)nc2C#N)cn1. The van der Waals surface area contributed by atoms with E-state index in [0.29, 0.717) is 29.4 Å². The van der Waals surface area contributed by atoms with E-state index in [1.54, 1.807) is 53.3 Å². The maximum Gasteiger partial charge on any atom is 0.392 e. The number of anilines is 2. The minimum Gasteiger partial charge on any atom is -0.472 e. The number of fused-ring (bicyclic) bond motifs is 1. The Bertz CT molecular complexity index is 1170. The molecule has 0 aliphatic carbocycles. The molecular formula is C21H20F3N7O. The van der Waals surface area contributed by atoms with Crippen LogP contribution in [0.2, 0.25) is 0 Å². The predicted octanol–water partition coefficient (Wildman–Crippen LogP) is 3.73. The van der Waals surface area contributed by atoms with Gasteiger partial charge in [0.25, 0.3) is 0 Å². The fourth-order valence-corrected chi connectivity index (χ4v) is 3.52. The van der Waals surface area contributed by atoms with E-state index in [-0.39, 0.29) is 18.1 Å². The highest BCUT2D eigenvalue weighted by Gasteiger charge is 2.35. The normalized spacial score (nSPS) is 16.6. The Hall–Kier alpha value is -3.65. The summed E-state index contributed by atoms with van der Waals surface area (Å²) in [5.74, 6) is 0.869. The number of aromatic nitrogens is 4. The second-order valence-electron chi connectivity index (χ2n) is 7.64. The zero-order valence-corrected chi connectivity index (χ0v) is 17.4. The summed E-state index contributed by atoms with van der Waals surface area (Å²) >= 11 is 0. The van der Waals surface area contributed by atoms with E-state index in [0.717, 1.165) is 5.69 Å². The Labute approximate surface area is 182 Å². The first-order chi connectivity index (χ1) is 15.2. The summed E-state index contributed by atoms with van der Waals surface area (Å²) in [5, 5.41) is 12.5. The maximum absolute atomic E-state index is 12.9. The van der Waals surface area contributed by atoms with Crippen molar-refractivity contribution >= 4 is 11.6 Å². The van der Waals surface area contributed by atoms with Crippen molar-refractivity contribution in [1.82, 2.24) is 24.4 Å². The van der Waals surface area contributed by atoms with Crippen molar-refractivity contribution < 1.29 is 17.9 Å². The molecule has 11 heteroatoms. The van der Waals surface area contributed by atoms with E-state index in [1.807, 2.05) is 6.92 Å². The Morgan fingerprint density at radius 3 is 2.66 bits per heavy atom. The van der Waals surface area contributed by atoms with E-state index in [2.05, 4.69) is 26.3 Å². The van der Waals surface area contributed by atoms with Crippen LogP contribution in [0.3, 0.4) is 0 Å². The van der Waals surface area contributed by atoms with Gasteiger partial charge in [0.2, 0.25) is 5.88 Å². The number of imidazole rings is 1. The van der Waals surface area contributed by atoms with E-state index < -0.39 is 18.7 Å². The second kappa shape index (κ2) is 8.47. The number of nitrogens with one attached hydrogen (secondary N) is 1. The number of rotatable bonds is 4. The molecule has 1 atom stereocenters. The van der Waals surface area contributed by atoms with E-state index in [9.17, 15) is 18.4 Å². The first-order valence-corrected chi connectivity index (χ1v) is 9.81. The van der Waals surface area contributed by atoms with E-state index in [1.165, 1.54) is 0 Å². The van der Waals surface area contributed by atoms with Crippen LogP contribution in [0.25, 0.3) is 5.69 Å². The highest BCUT2D eigenvalue weighted by atomic mass is 19.4. The van der Waals surface area contributed by atoms with Gasteiger partial charge in [0.1, 0.15) is 23.8 Å². The van der Waals surface area contributed by atoms with Crippen LogP contribution in [0.15, 0.2) is 36.8 Å². The number of hydrogen-bond acceptors (Lipinski definition) is 7. The number of halogens is 3. The number of nitriles is 1. The number of pyridine rings is 2. The summed E-state index contributed by atoms with van der Waals surface area (Å²) in [4.78, 5) is 14.6. The third-order valence-corrected chi connectivity index (χ3v) is 4.86. The van der Waals surface area contributed by atoms with Gasteiger partial charge in [0.05, 0.1) is 24.1 Å². The Morgan fingerprint density at radius 2 is 1.97 bits per heavy atom. The van der Waals surface area contributed by atoms with Crippen molar-refractivity contribution in [2.45, 2.75) is 32.2 Å². The average molecular weight is 443 g/mol. The molecule has 0 spiro atoms. The lowest BCUT2D eigenvalue weighted by molar-refractivity contribution is -0.151. The van der Waals surface area contributed by atoms with Gasteiger partial charge in [-0.1, -0.05) is 0 Å². The summed E-state index contributed by atoms with van der Waals surface area (Å²) in [6, 6.07) is 8.92. The predicted molar refractivity (Wildman–Crippen MR) is 110 cm³/mol. The molecule has 1 aliphatic heterocycles. The summed E-state index contributed by atoms with van der Waals surface area (Å²) in [7, 11) is 1.74. The van der Waals surface area contributed by atoms with Gasteiger partial charge in [-0.05, 0) is 38.2 Å². The van der Waals surface area contributed by atoms with Crippen LogP contribution in [0.5, 0.6) is 5.88 Å². The van der Waals surface area contributed by atoms with E-state index in [4.69, 9.17) is 4.74 Å². The minimum atomic E-state index is -4.33. The molecule has 0 amide bonds. The number of ether oxygens (including phenoxy) is 1. The molecule has 1 aliphatic rings. The highest BCUT2D eigenvalue weighted by Crippen LogP contribution is 2.30. The van der Waals surface area contributed by atoms with Crippen LogP contribution in [0, 0.1) is 18.3 Å². The third kappa shape index (κ3) is 4.97. The lowest BCUT2D eigenvalue weighted by Crippen LogP contribution is -2.34. The van der Waals surface area contributed by atoms with Crippen molar-refractivity contribution in [3.8, 4) is 17.6 Å². The fourth-order valence-electron chi connectivity index (χ4n) is 3.52. The molecule has 0 radical (unpaired) electrons. The van der Waals surface area contributed by atoms with Gasteiger partial charge in [-0.3, -0.25) is 4.90 Å². The first-order valence-electron chi connectivity index (χ1n) is 9.81. The summed E-state index contributed by atoms with van der Waals surface area (Å²) in [6.45, 7) is 2.41. The standard InChI is InChI=1S/C21H20F3N7O/c1-13-9-31(12-26-13)17-4-6-18(27-16(17)8-25)28-19-5-3-14-10-30(2)11-15(7-21(22,23)24)32-20(14)29-19/h3-6,9,12,15H,7,10-11H2,1-2H3,(H,27,28,29). The average Bonchev–Trinajstić information content (AvgIpc) is 3.07. The molecule has 3 aromatic heterocycles. The molecule has 0 bridgehead atoms. The van der Waals surface area contributed by atoms with Crippen LogP contribution >= 0.6 is 0 Å². The zero-order valence-electron chi connectivity index (χ0n) is 17.4. The molecule has 166 valence electrons. The van der Waals surface area contributed by atoms with Crippen molar-refractivity contribution in [2.75, 3.05) is 18.9 Å². The monoisotopic (exact) mass is 443 g/mol. The summed E-state index contributed by atoms with van der Waals surface area (Å²) in [5.41, 5.74) is 2.26. The number of likely N-dealkylation sites (N-methyl/N-ethyl adjacent to an activating group) is 1. The molecule has 1 N–H and O–H groups in total. The lowest BCUT2D eigenvalue weighted by atomic mass is 10.2. The molecule has 3 aromatic rings. The van der Waals surface area contributed by atoms with Gasteiger partial charge in [-0.25, -0.2) is 9.97 Å². The van der Waals surface area contributed by atoms with Gasteiger partial charge in [0, 0.05) is 24.8 Å². The number of nitrogens with zero attached hydrogens (tertiary/aromatic N) is 6. The molecule has 32 heavy (non-hydrogen) atoms. The van der Waals surface area contributed by atoms with Crippen molar-refractivity contribution in [3.63, 3.8) is 0 Å². The molecule has 0 aromatic carbocycles. The van der Waals surface area contributed by atoms with Crippen molar-refractivity contribution in [2.24, 2.45) is 0 Å². The van der Waals surface area contributed by atoms with Gasteiger partial charge < -0.3 is 14.6 Å². The van der Waals surface area contributed by atoms with Crippen LogP contribution in [-0.4, -0.2) is 50.3 Å². The fraction of sp³-hybridized carbons (Fsp3) is 0.333. The minimum absolute atomic E-state index is 0.140. The summed E-state index contributed by atoms with van der Waals surface area (Å²) in [6.07, 6.45) is -3.06. The van der Waals surface area contributed by atoms with E-state index >= 15 is 0 Å². The van der Waals surface area contributed by atoms with Crippen LogP contribution in [0.1, 0.15) is 23.4 Å². The molecule has 0 fully saturated rings. The van der Waals surface area contributed by atoms with Crippen molar-refractivity contribution in [1.29, 1.82) is 5.26 Å². The molecule has 0 saturated carbocycles. The largest absolute Gasteiger partial charge is 0.472 e. The first kappa shape index (κ1) is 21.6. The molecule has 4 heterocycles. The quantitative estimate of drug-likeness (QED) is 0.657. The second-order valence-corrected chi connectivity index (χ2v) is 7.64.